The number of benzene rings is 1. The van der Waals surface area contributed by atoms with E-state index in [9.17, 15) is 0 Å². The van der Waals surface area contributed by atoms with Crippen molar-refractivity contribution in [1.29, 1.82) is 5.26 Å². The zero-order valence-electron chi connectivity index (χ0n) is 9.46. The third kappa shape index (κ3) is 1.77. The fourth-order valence-electron chi connectivity index (χ4n) is 2.62. The first kappa shape index (κ1) is 10.2. The third-order valence-electron chi connectivity index (χ3n) is 3.59. The molecular formula is C14H17N. The van der Waals surface area contributed by atoms with E-state index in [1.165, 1.54) is 17.5 Å². The Kier molecular flexibility index (Phi) is 2.52. The van der Waals surface area contributed by atoms with Gasteiger partial charge >= 0.3 is 0 Å². The van der Waals surface area contributed by atoms with Crippen LogP contribution in [0.4, 0.5) is 0 Å². The van der Waals surface area contributed by atoms with Gasteiger partial charge < -0.3 is 0 Å². The van der Waals surface area contributed by atoms with Gasteiger partial charge in [-0.25, -0.2) is 0 Å². The van der Waals surface area contributed by atoms with E-state index in [1.807, 2.05) is 0 Å². The summed E-state index contributed by atoms with van der Waals surface area (Å²) in [4.78, 5) is 0. The summed E-state index contributed by atoms with van der Waals surface area (Å²) in [6.07, 6.45) is 3.00. The van der Waals surface area contributed by atoms with Crippen LogP contribution in [-0.4, -0.2) is 0 Å². The summed E-state index contributed by atoms with van der Waals surface area (Å²) in [6, 6.07) is 10.9. The van der Waals surface area contributed by atoms with Crippen LogP contribution < -0.4 is 0 Å². The zero-order chi connectivity index (χ0) is 10.9. The van der Waals surface area contributed by atoms with Gasteiger partial charge in [-0.05, 0) is 35.3 Å². The largest absolute Gasteiger partial charge is 0.198 e. The molecule has 1 atom stereocenters. The van der Waals surface area contributed by atoms with Gasteiger partial charge in [-0.15, -0.1) is 0 Å². The average molecular weight is 199 g/mol. The third-order valence-corrected chi connectivity index (χ3v) is 3.59. The molecule has 1 aliphatic rings. The van der Waals surface area contributed by atoms with Crippen molar-refractivity contribution in [1.82, 2.24) is 0 Å². The summed E-state index contributed by atoms with van der Waals surface area (Å²) < 4.78 is 0. The highest BCUT2D eigenvalue weighted by Gasteiger charge is 2.31. The van der Waals surface area contributed by atoms with Crippen molar-refractivity contribution < 1.29 is 0 Å². The second-order valence-electron chi connectivity index (χ2n) is 5.07. The molecule has 0 saturated heterocycles. The quantitative estimate of drug-likeness (QED) is 0.675. The van der Waals surface area contributed by atoms with Crippen LogP contribution >= 0.6 is 0 Å². The maximum absolute atomic E-state index is 8.82. The second-order valence-corrected chi connectivity index (χ2v) is 5.07. The molecule has 0 fully saturated rings. The fraction of sp³-hybridized carbons (Fsp3) is 0.500. The molecule has 1 aliphatic carbocycles. The molecule has 0 aromatic heterocycles. The molecule has 0 radical (unpaired) electrons. The van der Waals surface area contributed by atoms with Crippen LogP contribution in [0, 0.1) is 11.3 Å². The first-order chi connectivity index (χ1) is 7.15. The molecule has 0 saturated carbocycles. The highest BCUT2D eigenvalue weighted by atomic mass is 14.4. The zero-order valence-corrected chi connectivity index (χ0v) is 9.46. The lowest BCUT2D eigenvalue weighted by Crippen LogP contribution is -2.26. The van der Waals surface area contributed by atoms with Crippen molar-refractivity contribution in [2.45, 2.75) is 44.4 Å². The van der Waals surface area contributed by atoms with Gasteiger partial charge in [-0.3, -0.25) is 0 Å². The molecule has 1 unspecified atom stereocenters. The number of hydrogen-bond acceptors (Lipinski definition) is 1. The lowest BCUT2D eigenvalue weighted by atomic mass is 9.68. The van der Waals surface area contributed by atoms with E-state index in [1.54, 1.807) is 0 Å². The summed E-state index contributed by atoms with van der Waals surface area (Å²) in [5.41, 5.74) is 3.12. The predicted octanol–water partition coefficient (Wildman–Crippen LogP) is 3.76. The molecule has 0 spiro atoms. The minimum atomic E-state index is 0.280. The van der Waals surface area contributed by atoms with Gasteiger partial charge in [-0.2, -0.15) is 5.26 Å². The monoisotopic (exact) mass is 199 g/mol. The summed E-state index contributed by atoms with van der Waals surface area (Å²) in [6.45, 7) is 4.60. The molecule has 78 valence electrons. The number of nitrogens with zero attached hydrogens (tertiary/aromatic N) is 1. The number of fused-ring (bicyclic) bond motifs is 1. The van der Waals surface area contributed by atoms with Crippen LogP contribution in [0.2, 0.25) is 0 Å². The summed E-state index contributed by atoms with van der Waals surface area (Å²) in [5, 5.41) is 8.82. The van der Waals surface area contributed by atoms with E-state index in [-0.39, 0.29) is 5.41 Å². The minimum Gasteiger partial charge on any atom is -0.198 e. The van der Waals surface area contributed by atoms with Gasteiger partial charge in [0.05, 0.1) is 6.07 Å². The molecular weight excluding hydrogens is 182 g/mol. The molecule has 0 N–H and O–H groups in total. The molecule has 1 nitrogen and oxygen atoms in total. The Labute approximate surface area is 91.7 Å². The highest BCUT2D eigenvalue weighted by Crippen LogP contribution is 2.43. The molecule has 1 aromatic carbocycles. The average Bonchev–Trinajstić information content (AvgIpc) is 2.23. The maximum atomic E-state index is 8.82. The van der Waals surface area contributed by atoms with Crippen molar-refractivity contribution in [2.24, 2.45) is 0 Å². The molecule has 1 heteroatoms. The summed E-state index contributed by atoms with van der Waals surface area (Å²) >= 11 is 0. The molecule has 0 heterocycles. The molecule has 0 bridgehead atoms. The van der Waals surface area contributed by atoms with Crippen molar-refractivity contribution >= 4 is 0 Å². The Bertz CT molecular complexity index is 398. The van der Waals surface area contributed by atoms with Crippen LogP contribution in [0.25, 0.3) is 0 Å². The normalized spacial score (nSPS) is 22.9. The van der Waals surface area contributed by atoms with Gasteiger partial charge in [0.25, 0.3) is 0 Å². The van der Waals surface area contributed by atoms with Crippen LogP contribution in [0.1, 0.15) is 50.2 Å². The van der Waals surface area contributed by atoms with Crippen molar-refractivity contribution in [3.8, 4) is 6.07 Å². The lowest BCUT2D eigenvalue weighted by molar-refractivity contribution is 0.394. The van der Waals surface area contributed by atoms with E-state index in [2.05, 4.69) is 44.2 Å². The predicted molar refractivity (Wildman–Crippen MR) is 61.7 cm³/mol. The minimum absolute atomic E-state index is 0.280. The fourth-order valence-corrected chi connectivity index (χ4v) is 2.62. The molecule has 1 aromatic rings. The SMILES string of the molecule is CC1(C)CCC(CC#N)c2ccccc21. The van der Waals surface area contributed by atoms with Crippen molar-refractivity contribution in [3.05, 3.63) is 35.4 Å². The smallest absolute Gasteiger partial charge is 0.0628 e. The number of rotatable bonds is 1. The lowest BCUT2D eigenvalue weighted by Gasteiger charge is -2.36. The van der Waals surface area contributed by atoms with Gasteiger partial charge in [0, 0.05) is 6.42 Å². The Hall–Kier alpha value is -1.29. The molecule has 15 heavy (non-hydrogen) atoms. The number of nitriles is 1. The van der Waals surface area contributed by atoms with E-state index >= 15 is 0 Å². The van der Waals surface area contributed by atoms with Gasteiger partial charge in [0.1, 0.15) is 0 Å². The van der Waals surface area contributed by atoms with Crippen LogP contribution in [0.5, 0.6) is 0 Å². The summed E-state index contributed by atoms with van der Waals surface area (Å²) in [5.74, 6) is 0.458. The standard InChI is InChI=1S/C14H17N/c1-14(2)9-7-11(8-10-15)12-5-3-4-6-13(12)14/h3-6,11H,7-9H2,1-2H3. The van der Waals surface area contributed by atoms with Crippen LogP contribution in [0.3, 0.4) is 0 Å². The maximum Gasteiger partial charge on any atom is 0.0628 e. The van der Waals surface area contributed by atoms with Gasteiger partial charge in [-0.1, -0.05) is 38.1 Å². The van der Waals surface area contributed by atoms with Gasteiger partial charge in [0.2, 0.25) is 0 Å². The Morgan fingerprint density at radius 3 is 2.87 bits per heavy atom. The molecule has 0 aliphatic heterocycles. The van der Waals surface area contributed by atoms with Crippen LogP contribution in [0.15, 0.2) is 24.3 Å². The topological polar surface area (TPSA) is 23.8 Å². The van der Waals surface area contributed by atoms with Gasteiger partial charge in [0.15, 0.2) is 0 Å². The Morgan fingerprint density at radius 2 is 2.13 bits per heavy atom. The van der Waals surface area contributed by atoms with E-state index in [4.69, 9.17) is 5.26 Å². The van der Waals surface area contributed by atoms with Crippen LogP contribution in [-0.2, 0) is 5.41 Å². The highest BCUT2D eigenvalue weighted by molar-refractivity contribution is 5.38. The van der Waals surface area contributed by atoms with E-state index < -0.39 is 0 Å². The number of hydrogen-bond donors (Lipinski definition) is 0. The Morgan fingerprint density at radius 1 is 1.40 bits per heavy atom. The first-order valence-corrected chi connectivity index (χ1v) is 5.61. The van der Waals surface area contributed by atoms with E-state index in [0.29, 0.717) is 12.3 Å². The van der Waals surface area contributed by atoms with Crippen molar-refractivity contribution in [3.63, 3.8) is 0 Å². The summed E-state index contributed by atoms with van der Waals surface area (Å²) in [7, 11) is 0. The molecule has 2 rings (SSSR count). The molecule has 0 amide bonds. The Balaban J connectivity index is 2.45. The van der Waals surface area contributed by atoms with E-state index in [0.717, 1.165) is 6.42 Å². The first-order valence-electron chi connectivity index (χ1n) is 5.61. The van der Waals surface area contributed by atoms with Crippen molar-refractivity contribution in [2.75, 3.05) is 0 Å². The second kappa shape index (κ2) is 3.70.